The standard InChI is InChI=1S/C37H38N4O2/c1-35(2)21-17-25(35)23-11-13-29(38-31(23)19-21)27-7-5-9-33(40-27)37(42-15-16-43-37)34-10-6-8-28(41-34)30-14-12-24-26-18-22(36(26,3)4)20-32(24)39-30/h5-14,21-22,25-26H,15-20H2,1-4H3/t21-,22-,25+,26+/m1/s1. The van der Waals surface area contributed by atoms with Gasteiger partial charge in [0.2, 0.25) is 0 Å². The lowest BCUT2D eigenvalue weighted by Crippen LogP contribution is -2.48. The number of nitrogens with zero attached hydrogens (tertiary/aromatic N) is 4. The van der Waals surface area contributed by atoms with Gasteiger partial charge in [-0.05, 0) is 108 Å². The molecule has 43 heavy (non-hydrogen) atoms. The summed E-state index contributed by atoms with van der Waals surface area (Å²) in [5.41, 5.74) is 10.9. The second-order valence-electron chi connectivity index (χ2n) is 14.6. The minimum absolute atomic E-state index is 0.380. The van der Waals surface area contributed by atoms with E-state index in [1.807, 2.05) is 36.4 Å². The minimum atomic E-state index is -1.17. The van der Waals surface area contributed by atoms with Crippen molar-refractivity contribution in [3.63, 3.8) is 0 Å². The lowest BCUT2D eigenvalue weighted by molar-refractivity contribution is -0.135. The normalized spacial score (nSPS) is 28.3. The van der Waals surface area contributed by atoms with E-state index in [1.165, 1.54) is 35.4 Å². The molecular weight excluding hydrogens is 532 g/mol. The fourth-order valence-electron chi connectivity index (χ4n) is 8.88. The molecule has 1 aliphatic heterocycles. The van der Waals surface area contributed by atoms with E-state index in [-0.39, 0.29) is 0 Å². The van der Waals surface area contributed by atoms with E-state index in [4.69, 9.17) is 29.4 Å². The van der Waals surface area contributed by atoms with Gasteiger partial charge in [-0.25, -0.2) is 9.97 Å². The zero-order valence-electron chi connectivity index (χ0n) is 25.4. The van der Waals surface area contributed by atoms with Gasteiger partial charge in [0.1, 0.15) is 11.4 Å². The van der Waals surface area contributed by atoms with Crippen molar-refractivity contribution in [1.82, 2.24) is 19.9 Å². The van der Waals surface area contributed by atoms with Crippen LogP contribution in [0.2, 0.25) is 0 Å². The van der Waals surface area contributed by atoms with Crippen molar-refractivity contribution in [3.8, 4) is 22.8 Å². The Morgan fingerprint density at radius 1 is 0.558 bits per heavy atom. The Hall–Kier alpha value is -3.48. The fourth-order valence-corrected chi connectivity index (χ4v) is 8.88. The number of pyridine rings is 4. The van der Waals surface area contributed by atoms with E-state index >= 15 is 0 Å². The van der Waals surface area contributed by atoms with Gasteiger partial charge >= 0.3 is 0 Å². The molecule has 7 aliphatic rings. The van der Waals surface area contributed by atoms with Crippen LogP contribution in [-0.4, -0.2) is 33.1 Å². The van der Waals surface area contributed by atoms with Crippen LogP contribution in [0.1, 0.15) is 86.3 Å². The summed E-state index contributed by atoms with van der Waals surface area (Å²) in [4.78, 5) is 20.5. The van der Waals surface area contributed by atoms with Crippen LogP contribution in [-0.2, 0) is 28.1 Å². The molecule has 0 aromatic carbocycles. The highest BCUT2D eigenvalue weighted by Gasteiger charge is 2.54. The third-order valence-electron chi connectivity index (χ3n) is 12.0. The molecule has 4 aromatic heterocycles. The first-order chi connectivity index (χ1) is 20.7. The molecule has 218 valence electrons. The predicted octanol–water partition coefficient (Wildman–Crippen LogP) is 7.22. The number of hydrogen-bond acceptors (Lipinski definition) is 6. The Balaban J connectivity index is 1.06. The van der Waals surface area contributed by atoms with E-state index in [0.717, 1.165) is 47.5 Å². The topological polar surface area (TPSA) is 70.0 Å². The van der Waals surface area contributed by atoms with Gasteiger partial charge in [0.15, 0.2) is 0 Å². The van der Waals surface area contributed by atoms with Crippen molar-refractivity contribution >= 4 is 0 Å². The minimum Gasteiger partial charge on any atom is -0.337 e. The summed E-state index contributed by atoms with van der Waals surface area (Å²) in [6.07, 6.45) is 4.68. The summed E-state index contributed by atoms with van der Waals surface area (Å²) >= 11 is 0. The molecule has 11 rings (SSSR count). The number of ether oxygens (including phenoxy) is 2. The van der Waals surface area contributed by atoms with Crippen molar-refractivity contribution < 1.29 is 9.47 Å². The summed E-state index contributed by atoms with van der Waals surface area (Å²) in [5, 5.41) is 0. The molecule has 4 aromatic rings. The molecule has 5 heterocycles. The Bertz CT molecular complexity index is 1660. The average Bonchev–Trinajstić information content (AvgIpc) is 3.55. The molecule has 6 heteroatoms. The van der Waals surface area contributed by atoms with Gasteiger partial charge in [-0.3, -0.25) is 9.97 Å². The summed E-state index contributed by atoms with van der Waals surface area (Å²) < 4.78 is 12.7. The highest BCUT2D eigenvalue weighted by molar-refractivity contribution is 5.58. The van der Waals surface area contributed by atoms with Gasteiger partial charge in [0.05, 0.1) is 36.0 Å². The third-order valence-corrected chi connectivity index (χ3v) is 12.0. The average molecular weight is 571 g/mol. The Labute approximate surface area is 253 Å². The highest BCUT2D eigenvalue weighted by atomic mass is 16.7. The van der Waals surface area contributed by atoms with Crippen LogP contribution in [0.4, 0.5) is 0 Å². The van der Waals surface area contributed by atoms with Crippen molar-refractivity contribution in [3.05, 3.63) is 94.6 Å². The van der Waals surface area contributed by atoms with Gasteiger partial charge in [-0.1, -0.05) is 52.0 Å². The zero-order valence-corrected chi connectivity index (χ0v) is 25.4. The first-order valence-electron chi connectivity index (χ1n) is 16.0. The molecule has 4 bridgehead atoms. The first-order valence-corrected chi connectivity index (χ1v) is 16.0. The van der Waals surface area contributed by atoms with Crippen molar-refractivity contribution in [2.24, 2.45) is 22.7 Å². The molecule has 0 amide bonds. The molecule has 6 aliphatic carbocycles. The second kappa shape index (κ2) is 8.80. The monoisotopic (exact) mass is 570 g/mol. The van der Waals surface area contributed by atoms with Crippen LogP contribution >= 0.6 is 0 Å². The number of aromatic nitrogens is 4. The van der Waals surface area contributed by atoms with Crippen molar-refractivity contribution in [1.29, 1.82) is 0 Å². The maximum atomic E-state index is 6.37. The van der Waals surface area contributed by atoms with Crippen LogP contribution < -0.4 is 0 Å². The lowest BCUT2D eigenvalue weighted by Gasteiger charge is -2.56. The van der Waals surface area contributed by atoms with Crippen molar-refractivity contribution in [2.45, 2.75) is 71.0 Å². The first kappa shape index (κ1) is 26.0. The van der Waals surface area contributed by atoms with Crippen LogP contribution in [0.5, 0.6) is 0 Å². The molecular formula is C37H38N4O2. The molecule has 1 saturated heterocycles. The van der Waals surface area contributed by atoms with Crippen LogP contribution in [0.15, 0.2) is 60.7 Å². The summed E-state index contributed by atoms with van der Waals surface area (Å²) in [5.74, 6) is 1.50. The van der Waals surface area contributed by atoms with Crippen LogP contribution in [0.3, 0.4) is 0 Å². The van der Waals surface area contributed by atoms with E-state index in [1.54, 1.807) is 0 Å². The molecule has 0 unspecified atom stereocenters. The molecule has 0 N–H and O–H groups in total. The van der Waals surface area contributed by atoms with Gasteiger partial charge in [-0.2, -0.15) is 0 Å². The van der Waals surface area contributed by atoms with E-state index in [2.05, 4.69) is 52.0 Å². The van der Waals surface area contributed by atoms with E-state index < -0.39 is 5.79 Å². The Kier molecular flexibility index (Phi) is 5.31. The number of rotatable bonds is 4. The molecule has 2 saturated carbocycles. The summed E-state index contributed by atoms with van der Waals surface area (Å²) in [7, 11) is 0. The predicted molar refractivity (Wildman–Crippen MR) is 164 cm³/mol. The van der Waals surface area contributed by atoms with E-state index in [0.29, 0.717) is 47.3 Å². The van der Waals surface area contributed by atoms with Crippen molar-refractivity contribution in [2.75, 3.05) is 13.2 Å². The maximum Gasteiger partial charge on any atom is 0.257 e. The maximum absolute atomic E-state index is 6.37. The molecule has 0 radical (unpaired) electrons. The molecule has 0 spiro atoms. The van der Waals surface area contributed by atoms with Gasteiger partial charge in [-0.15, -0.1) is 0 Å². The van der Waals surface area contributed by atoms with Gasteiger partial charge < -0.3 is 9.47 Å². The molecule has 3 fully saturated rings. The van der Waals surface area contributed by atoms with Gasteiger partial charge in [0.25, 0.3) is 5.79 Å². The summed E-state index contributed by atoms with van der Waals surface area (Å²) in [6, 6.07) is 20.9. The number of hydrogen-bond donors (Lipinski definition) is 0. The Morgan fingerprint density at radius 2 is 1.00 bits per heavy atom. The highest BCUT2D eigenvalue weighted by Crippen LogP contribution is 2.63. The van der Waals surface area contributed by atoms with Crippen LogP contribution in [0.25, 0.3) is 22.8 Å². The summed E-state index contributed by atoms with van der Waals surface area (Å²) in [6.45, 7) is 10.6. The molecule has 4 atom stereocenters. The lowest BCUT2D eigenvalue weighted by atomic mass is 9.48. The zero-order chi connectivity index (χ0) is 29.1. The van der Waals surface area contributed by atoms with Crippen LogP contribution in [0, 0.1) is 22.7 Å². The smallest absolute Gasteiger partial charge is 0.257 e. The molecule has 6 nitrogen and oxygen atoms in total. The largest absolute Gasteiger partial charge is 0.337 e. The third kappa shape index (κ3) is 3.60. The van der Waals surface area contributed by atoms with Gasteiger partial charge in [0, 0.05) is 11.4 Å². The van der Waals surface area contributed by atoms with E-state index in [9.17, 15) is 0 Å². The second-order valence-corrected chi connectivity index (χ2v) is 14.6. The SMILES string of the molecule is CC1(C)[C@H]2Cc3nc(-c4cccc(C5(c6cccc(-c7ccc8c(n7)C[C@H]7C[C@@H]8C7(C)C)n6)OCCO5)n4)ccc3[C@@H]1C2. The Morgan fingerprint density at radius 3 is 1.44 bits per heavy atom. The quantitative estimate of drug-likeness (QED) is 0.258. The fraction of sp³-hybridized carbons (Fsp3) is 0.459.